The molecule has 0 unspecified atom stereocenters. The summed E-state index contributed by atoms with van der Waals surface area (Å²) in [4.78, 5) is 45.2. The maximum absolute atomic E-state index is 15.3. The van der Waals surface area contributed by atoms with E-state index in [9.17, 15) is 18.8 Å². The van der Waals surface area contributed by atoms with E-state index >= 15 is 4.39 Å². The third-order valence-corrected chi connectivity index (χ3v) is 5.77. The van der Waals surface area contributed by atoms with Gasteiger partial charge in [-0.25, -0.2) is 13.6 Å². The molecule has 0 saturated carbocycles. The Labute approximate surface area is 201 Å². The van der Waals surface area contributed by atoms with E-state index in [2.05, 4.69) is 19.4 Å². The van der Waals surface area contributed by atoms with Crippen LogP contribution in [0.5, 0.6) is 0 Å². The maximum atomic E-state index is 15.3. The molecule has 1 N–H and O–H groups in total. The van der Waals surface area contributed by atoms with E-state index in [1.807, 2.05) is 0 Å². The minimum Gasteiger partial charge on any atom is -0.463 e. The summed E-state index contributed by atoms with van der Waals surface area (Å²) in [7, 11) is 4.36. The lowest BCUT2D eigenvalue weighted by Gasteiger charge is -2.36. The zero-order chi connectivity index (χ0) is 25.6. The van der Waals surface area contributed by atoms with Crippen LogP contribution in [0.2, 0.25) is 0 Å². The number of aromatic nitrogens is 2. The number of ether oxygens (including phenoxy) is 2. The van der Waals surface area contributed by atoms with Crippen molar-refractivity contribution in [2.24, 2.45) is 0 Å². The lowest BCUT2D eigenvalue weighted by atomic mass is 9.87. The van der Waals surface area contributed by atoms with Gasteiger partial charge in [0.05, 0.1) is 18.2 Å². The smallest absolute Gasteiger partial charge is 0.381 e. The van der Waals surface area contributed by atoms with E-state index in [0.717, 1.165) is 7.11 Å². The van der Waals surface area contributed by atoms with Crippen LogP contribution in [0, 0.1) is 5.82 Å². The standard InChI is InChI=1S/C23H21F2N3O4.C2H6O/c1-32-22(31)20(29)19-17-10-15(12-26-18(17)13-27-19)21(30)28-8-6-23(25,7-9-28)11-14-2-4-16(24)5-3-14;1-3-2/h2-5,10,12-13,27H,6-9,11H2,1H3;1-2H3. The van der Waals surface area contributed by atoms with Crippen LogP contribution < -0.4 is 0 Å². The molecule has 0 aliphatic carbocycles. The molecule has 1 aliphatic heterocycles. The second kappa shape index (κ2) is 11.2. The molecule has 0 spiro atoms. The van der Waals surface area contributed by atoms with Gasteiger partial charge in [0.25, 0.3) is 11.7 Å². The number of pyridine rings is 1. The molecule has 0 atom stereocenters. The van der Waals surface area contributed by atoms with Crippen LogP contribution in [0.1, 0.15) is 39.3 Å². The van der Waals surface area contributed by atoms with Gasteiger partial charge in [-0.05, 0) is 36.6 Å². The fourth-order valence-corrected chi connectivity index (χ4v) is 3.95. The molecule has 0 radical (unpaired) electrons. The van der Waals surface area contributed by atoms with Gasteiger partial charge in [-0.1, -0.05) is 12.1 Å². The number of methoxy groups -OCH3 is 2. The van der Waals surface area contributed by atoms with Crippen molar-refractivity contribution in [3.8, 4) is 0 Å². The van der Waals surface area contributed by atoms with Crippen LogP contribution in [-0.4, -0.2) is 72.6 Å². The molecular weight excluding hydrogens is 460 g/mol. The first-order chi connectivity index (χ1) is 16.7. The molecule has 2 aromatic heterocycles. The number of fused-ring (bicyclic) bond motifs is 1. The van der Waals surface area contributed by atoms with Crippen molar-refractivity contribution in [1.82, 2.24) is 14.9 Å². The molecule has 10 heteroatoms. The van der Waals surface area contributed by atoms with Gasteiger partial charge in [0.2, 0.25) is 0 Å². The summed E-state index contributed by atoms with van der Waals surface area (Å²) in [6, 6.07) is 7.24. The van der Waals surface area contributed by atoms with Crippen LogP contribution >= 0.6 is 0 Å². The number of piperidine rings is 1. The summed E-state index contributed by atoms with van der Waals surface area (Å²) >= 11 is 0. The molecule has 1 saturated heterocycles. The molecule has 3 heterocycles. The van der Waals surface area contributed by atoms with Crippen molar-refractivity contribution in [2.75, 3.05) is 34.4 Å². The summed E-state index contributed by atoms with van der Waals surface area (Å²) < 4.78 is 37.1. The zero-order valence-corrected chi connectivity index (χ0v) is 19.8. The highest BCUT2D eigenvalue weighted by molar-refractivity contribution is 6.42. The number of likely N-dealkylation sites (tertiary alicyclic amines) is 1. The quantitative estimate of drug-likeness (QED) is 0.336. The fraction of sp³-hybridized carbons (Fsp3) is 0.360. The fourth-order valence-electron chi connectivity index (χ4n) is 3.95. The Morgan fingerprint density at radius 3 is 2.34 bits per heavy atom. The van der Waals surface area contributed by atoms with Gasteiger partial charge < -0.3 is 19.4 Å². The molecule has 1 fully saturated rings. The number of carbonyl (C=O) groups is 3. The number of amides is 1. The number of aromatic amines is 1. The number of ketones is 1. The Morgan fingerprint density at radius 2 is 1.74 bits per heavy atom. The van der Waals surface area contributed by atoms with E-state index in [-0.39, 0.29) is 55.3 Å². The molecule has 3 aromatic rings. The number of hydrogen-bond acceptors (Lipinski definition) is 6. The van der Waals surface area contributed by atoms with Gasteiger partial charge >= 0.3 is 5.97 Å². The summed E-state index contributed by atoms with van der Waals surface area (Å²) in [6.07, 6.45) is 3.32. The third-order valence-electron chi connectivity index (χ3n) is 5.77. The number of halogens is 2. The number of benzene rings is 1. The van der Waals surface area contributed by atoms with E-state index in [4.69, 9.17) is 0 Å². The van der Waals surface area contributed by atoms with Gasteiger partial charge in [-0.2, -0.15) is 0 Å². The summed E-state index contributed by atoms with van der Waals surface area (Å²) in [5.74, 6) is -2.59. The average molecular weight is 488 g/mol. The second-order valence-corrected chi connectivity index (χ2v) is 8.30. The number of nitrogens with one attached hydrogen (secondary N) is 1. The van der Waals surface area contributed by atoms with Crippen LogP contribution in [0.3, 0.4) is 0 Å². The minimum atomic E-state index is -1.47. The van der Waals surface area contributed by atoms with Gasteiger partial charge in [0.1, 0.15) is 17.2 Å². The lowest BCUT2D eigenvalue weighted by molar-refractivity contribution is -0.135. The minimum absolute atomic E-state index is 0.00489. The number of carbonyl (C=O) groups excluding carboxylic acids is 3. The molecule has 4 rings (SSSR count). The number of nitrogens with zero attached hydrogens (tertiary/aromatic N) is 2. The number of esters is 1. The highest BCUT2D eigenvalue weighted by Gasteiger charge is 2.36. The number of hydrogen-bond donors (Lipinski definition) is 1. The Hall–Kier alpha value is -3.66. The van der Waals surface area contributed by atoms with Gasteiger partial charge in [0.15, 0.2) is 0 Å². The molecular formula is C25H27F2N3O5. The third kappa shape index (κ3) is 6.07. The van der Waals surface area contributed by atoms with Crippen LogP contribution in [-0.2, 0) is 20.7 Å². The van der Waals surface area contributed by atoms with Crippen molar-refractivity contribution in [3.05, 3.63) is 65.4 Å². The summed E-state index contributed by atoms with van der Waals surface area (Å²) in [5, 5.41) is 0.333. The second-order valence-electron chi connectivity index (χ2n) is 8.30. The van der Waals surface area contributed by atoms with Crippen LogP contribution in [0.4, 0.5) is 8.78 Å². The van der Waals surface area contributed by atoms with E-state index < -0.39 is 17.4 Å². The van der Waals surface area contributed by atoms with Crippen molar-refractivity contribution < 1.29 is 32.6 Å². The number of H-pyrrole nitrogens is 1. The molecule has 1 aromatic carbocycles. The molecule has 186 valence electrons. The Bertz CT molecular complexity index is 1200. The normalized spacial score (nSPS) is 14.7. The molecule has 1 aliphatic rings. The maximum Gasteiger partial charge on any atom is 0.381 e. The van der Waals surface area contributed by atoms with Gasteiger partial charge in [-0.15, -0.1) is 0 Å². The zero-order valence-electron chi connectivity index (χ0n) is 19.8. The topological polar surface area (TPSA) is 102 Å². The first kappa shape index (κ1) is 26.0. The summed E-state index contributed by atoms with van der Waals surface area (Å²) in [6.45, 7) is 0.436. The Balaban J connectivity index is 0.00000108. The van der Waals surface area contributed by atoms with Crippen molar-refractivity contribution in [2.45, 2.75) is 24.9 Å². The first-order valence-corrected chi connectivity index (χ1v) is 10.9. The van der Waals surface area contributed by atoms with E-state index in [1.54, 1.807) is 31.3 Å². The number of Topliss-reactive ketones (excluding diaryl/α,β-unsaturated/α-hetero) is 1. The SMILES string of the molecule is COC.COC(=O)C(=O)c1[nH]cc2ncc(C(=O)N3CCC(F)(Cc4ccc(F)cc4)CC3)cc12. The van der Waals surface area contributed by atoms with Crippen LogP contribution in [0.15, 0.2) is 42.7 Å². The highest BCUT2D eigenvalue weighted by Crippen LogP contribution is 2.31. The largest absolute Gasteiger partial charge is 0.463 e. The first-order valence-electron chi connectivity index (χ1n) is 10.9. The molecule has 35 heavy (non-hydrogen) atoms. The van der Waals surface area contributed by atoms with Crippen molar-refractivity contribution >= 4 is 28.6 Å². The molecule has 1 amide bonds. The number of rotatable bonds is 5. The average Bonchev–Trinajstić information content (AvgIpc) is 3.28. The predicted molar refractivity (Wildman–Crippen MR) is 124 cm³/mol. The Kier molecular flexibility index (Phi) is 8.29. The van der Waals surface area contributed by atoms with E-state index in [1.165, 1.54) is 30.6 Å². The molecule has 8 nitrogen and oxygen atoms in total. The monoisotopic (exact) mass is 487 g/mol. The molecule has 0 bridgehead atoms. The lowest BCUT2D eigenvalue weighted by Crippen LogP contribution is -2.45. The summed E-state index contributed by atoms with van der Waals surface area (Å²) in [5.41, 5.74) is -0.110. The number of alkyl halides is 1. The predicted octanol–water partition coefficient (Wildman–Crippen LogP) is 3.51. The van der Waals surface area contributed by atoms with Crippen molar-refractivity contribution in [1.29, 1.82) is 0 Å². The highest BCUT2D eigenvalue weighted by atomic mass is 19.1. The van der Waals surface area contributed by atoms with Crippen molar-refractivity contribution in [3.63, 3.8) is 0 Å². The van der Waals surface area contributed by atoms with Gasteiger partial charge in [-0.3, -0.25) is 14.6 Å². The van der Waals surface area contributed by atoms with Crippen LogP contribution in [0.25, 0.3) is 10.9 Å². The Morgan fingerprint density at radius 1 is 1.11 bits per heavy atom. The van der Waals surface area contributed by atoms with Gasteiger partial charge in [0, 0.05) is 51.5 Å². The van der Waals surface area contributed by atoms with E-state index in [0.29, 0.717) is 16.5 Å².